The zero-order chi connectivity index (χ0) is 14.9. The minimum Gasteiger partial charge on any atom is -0.456 e. The predicted molar refractivity (Wildman–Crippen MR) is 85.9 cm³/mol. The van der Waals surface area contributed by atoms with Crippen LogP contribution in [0.5, 0.6) is 11.5 Å². The Balaban J connectivity index is 2.47. The van der Waals surface area contributed by atoms with Crippen LogP contribution in [-0.4, -0.2) is 5.84 Å². The number of hydrogen-bond acceptors (Lipinski definition) is 2. The fourth-order valence-electron chi connectivity index (χ4n) is 2.08. The molecule has 0 aliphatic rings. The Labute approximate surface area is 127 Å². The Hall–Kier alpha value is -1.81. The number of benzene rings is 2. The molecule has 0 aliphatic carbocycles. The molecule has 0 spiro atoms. The van der Waals surface area contributed by atoms with Gasteiger partial charge in [-0.05, 0) is 55.7 Å². The van der Waals surface area contributed by atoms with Crippen LogP contribution >= 0.6 is 15.9 Å². The summed E-state index contributed by atoms with van der Waals surface area (Å²) in [6.07, 6.45) is 0. The van der Waals surface area contributed by atoms with Gasteiger partial charge in [-0.25, -0.2) is 0 Å². The van der Waals surface area contributed by atoms with E-state index in [0.717, 1.165) is 26.9 Å². The first-order chi connectivity index (χ1) is 9.40. The fraction of sp³-hybridized carbons (Fsp3) is 0.188. The number of amidine groups is 1. The molecule has 0 saturated carbocycles. The lowest BCUT2D eigenvalue weighted by molar-refractivity contribution is 0.477. The Morgan fingerprint density at radius 3 is 2.25 bits per heavy atom. The summed E-state index contributed by atoms with van der Waals surface area (Å²) in [6, 6.07) is 9.54. The van der Waals surface area contributed by atoms with Gasteiger partial charge in [-0.2, -0.15) is 0 Å². The molecule has 0 amide bonds. The molecule has 0 aromatic heterocycles. The van der Waals surface area contributed by atoms with Crippen molar-refractivity contribution < 1.29 is 4.74 Å². The topological polar surface area (TPSA) is 59.1 Å². The molecule has 0 bridgehead atoms. The molecule has 3 N–H and O–H groups in total. The first kappa shape index (κ1) is 14.6. The number of nitrogens with one attached hydrogen (secondary N) is 1. The number of halogens is 1. The first-order valence-electron chi connectivity index (χ1n) is 6.28. The van der Waals surface area contributed by atoms with Crippen molar-refractivity contribution in [3.8, 4) is 11.5 Å². The number of rotatable bonds is 3. The highest BCUT2D eigenvalue weighted by molar-refractivity contribution is 9.10. The average Bonchev–Trinajstić information content (AvgIpc) is 2.38. The van der Waals surface area contributed by atoms with Gasteiger partial charge in [0, 0.05) is 4.47 Å². The molecular weight excluding hydrogens is 316 g/mol. The van der Waals surface area contributed by atoms with Gasteiger partial charge in [0.15, 0.2) is 0 Å². The highest BCUT2D eigenvalue weighted by Crippen LogP contribution is 2.32. The highest BCUT2D eigenvalue weighted by atomic mass is 79.9. The SMILES string of the molecule is Cc1cc(Oc2c(C)cccc2C(=N)N)cc(C)c1Br. The third-order valence-corrected chi connectivity index (χ3v) is 4.38. The van der Waals surface area contributed by atoms with E-state index in [0.29, 0.717) is 11.3 Å². The third-order valence-electron chi connectivity index (χ3n) is 3.13. The zero-order valence-corrected chi connectivity index (χ0v) is 13.3. The second-order valence-electron chi connectivity index (χ2n) is 4.84. The van der Waals surface area contributed by atoms with Crippen LogP contribution in [-0.2, 0) is 0 Å². The number of ether oxygens (including phenoxy) is 1. The van der Waals surface area contributed by atoms with Gasteiger partial charge in [-0.1, -0.05) is 28.1 Å². The quantitative estimate of drug-likeness (QED) is 0.644. The number of hydrogen-bond donors (Lipinski definition) is 2. The van der Waals surface area contributed by atoms with Crippen molar-refractivity contribution in [2.45, 2.75) is 20.8 Å². The summed E-state index contributed by atoms with van der Waals surface area (Å²) in [5.74, 6) is 1.40. The summed E-state index contributed by atoms with van der Waals surface area (Å²) in [5.41, 5.74) is 9.40. The molecule has 104 valence electrons. The summed E-state index contributed by atoms with van der Waals surface area (Å²) in [4.78, 5) is 0. The second-order valence-corrected chi connectivity index (χ2v) is 5.63. The number of aryl methyl sites for hydroxylation is 3. The molecular formula is C16H17BrN2O. The lowest BCUT2D eigenvalue weighted by atomic mass is 10.1. The molecule has 20 heavy (non-hydrogen) atoms. The summed E-state index contributed by atoms with van der Waals surface area (Å²) >= 11 is 3.54. The third kappa shape index (κ3) is 2.85. The fourth-order valence-corrected chi connectivity index (χ4v) is 2.31. The van der Waals surface area contributed by atoms with E-state index in [2.05, 4.69) is 15.9 Å². The molecule has 0 fully saturated rings. The molecule has 0 saturated heterocycles. The maximum absolute atomic E-state index is 7.65. The number of nitrogen functional groups attached to an aromatic ring is 1. The summed E-state index contributed by atoms with van der Waals surface area (Å²) in [6.45, 7) is 5.99. The van der Waals surface area contributed by atoms with Crippen LogP contribution in [0.3, 0.4) is 0 Å². The van der Waals surface area contributed by atoms with Gasteiger partial charge < -0.3 is 10.5 Å². The van der Waals surface area contributed by atoms with Crippen molar-refractivity contribution in [1.82, 2.24) is 0 Å². The van der Waals surface area contributed by atoms with Crippen LogP contribution in [0, 0.1) is 26.2 Å². The van der Waals surface area contributed by atoms with E-state index in [1.165, 1.54) is 0 Å². The summed E-state index contributed by atoms with van der Waals surface area (Å²) in [7, 11) is 0. The minimum absolute atomic E-state index is 0.00857. The molecule has 3 nitrogen and oxygen atoms in total. The summed E-state index contributed by atoms with van der Waals surface area (Å²) in [5, 5.41) is 7.65. The standard InChI is InChI=1S/C16H17BrN2O/c1-9-5-4-6-13(16(18)19)15(9)20-12-7-10(2)14(17)11(3)8-12/h4-8H,1-3H3,(H3,18,19). The molecule has 2 aromatic carbocycles. The molecule has 0 radical (unpaired) electrons. The Morgan fingerprint density at radius 2 is 1.70 bits per heavy atom. The van der Waals surface area contributed by atoms with E-state index in [1.807, 2.05) is 45.0 Å². The second kappa shape index (κ2) is 5.67. The van der Waals surface area contributed by atoms with E-state index < -0.39 is 0 Å². The number of nitrogens with two attached hydrogens (primary N) is 1. The predicted octanol–water partition coefficient (Wildman–Crippen LogP) is 4.45. The lowest BCUT2D eigenvalue weighted by Crippen LogP contribution is -2.12. The van der Waals surface area contributed by atoms with Crippen molar-refractivity contribution in [3.63, 3.8) is 0 Å². The summed E-state index contributed by atoms with van der Waals surface area (Å²) < 4.78 is 7.06. The minimum atomic E-state index is 0.00857. The van der Waals surface area contributed by atoms with E-state index in [9.17, 15) is 0 Å². The van der Waals surface area contributed by atoms with E-state index >= 15 is 0 Å². The first-order valence-corrected chi connectivity index (χ1v) is 7.08. The van der Waals surface area contributed by atoms with Crippen molar-refractivity contribution in [1.29, 1.82) is 5.41 Å². The molecule has 0 aliphatic heterocycles. The van der Waals surface area contributed by atoms with Gasteiger partial charge >= 0.3 is 0 Å². The largest absolute Gasteiger partial charge is 0.456 e. The van der Waals surface area contributed by atoms with Gasteiger partial charge in [-0.15, -0.1) is 0 Å². The molecule has 2 rings (SSSR count). The molecule has 2 aromatic rings. The molecule has 4 heteroatoms. The van der Waals surface area contributed by atoms with Crippen LogP contribution < -0.4 is 10.5 Å². The van der Waals surface area contributed by atoms with Crippen LogP contribution in [0.4, 0.5) is 0 Å². The van der Waals surface area contributed by atoms with Gasteiger partial charge in [0.2, 0.25) is 0 Å². The number of para-hydroxylation sites is 1. The van der Waals surface area contributed by atoms with Crippen LogP contribution in [0.25, 0.3) is 0 Å². The van der Waals surface area contributed by atoms with Crippen molar-refractivity contribution in [2.75, 3.05) is 0 Å². The average molecular weight is 333 g/mol. The Kier molecular flexibility index (Phi) is 4.14. The van der Waals surface area contributed by atoms with Gasteiger partial charge in [0.1, 0.15) is 17.3 Å². The van der Waals surface area contributed by atoms with Gasteiger partial charge in [0.05, 0.1) is 5.56 Å². The van der Waals surface area contributed by atoms with Crippen molar-refractivity contribution in [3.05, 3.63) is 57.1 Å². The van der Waals surface area contributed by atoms with Gasteiger partial charge in [-0.3, -0.25) is 5.41 Å². The maximum Gasteiger partial charge on any atom is 0.141 e. The molecule has 0 unspecified atom stereocenters. The maximum atomic E-state index is 7.65. The Bertz CT molecular complexity index is 657. The van der Waals surface area contributed by atoms with E-state index in [4.69, 9.17) is 15.9 Å². The molecule has 0 heterocycles. The van der Waals surface area contributed by atoms with Crippen LogP contribution in [0.1, 0.15) is 22.3 Å². The van der Waals surface area contributed by atoms with E-state index in [-0.39, 0.29) is 5.84 Å². The highest BCUT2D eigenvalue weighted by Gasteiger charge is 2.12. The van der Waals surface area contributed by atoms with Crippen LogP contribution in [0.2, 0.25) is 0 Å². The van der Waals surface area contributed by atoms with Gasteiger partial charge in [0.25, 0.3) is 0 Å². The normalized spacial score (nSPS) is 10.4. The smallest absolute Gasteiger partial charge is 0.141 e. The molecule has 0 atom stereocenters. The van der Waals surface area contributed by atoms with E-state index in [1.54, 1.807) is 6.07 Å². The van der Waals surface area contributed by atoms with Crippen molar-refractivity contribution >= 4 is 21.8 Å². The Morgan fingerprint density at radius 1 is 1.10 bits per heavy atom. The van der Waals surface area contributed by atoms with Crippen LogP contribution in [0.15, 0.2) is 34.8 Å². The zero-order valence-electron chi connectivity index (χ0n) is 11.8. The lowest BCUT2D eigenvalue weighted by Gasteiger charge is -2.14. The monoisotopic (exact) mass is 332 g/mol. The van der Waals surface area contributed by atoms with Crippen molar-refractivity contribution in [2.24, 2.45) is 5.73 Å².